The number of benzene rings is 3. The van der Waals surface area contributed by atoms with Gasteiger partial charge in [-0.25, -0.2) is 4.90 Å². The van der Waals surface area contributed by atoms with Gasteiger partial charge >= 0.3 is 0 Å². The largest absolute Gasteiger partial charge is 0.504 e. The van der Waals surface area contributed by atoms with E-state index in [2.05, 4.69) is 0 Å². The second-order valence-electron chi connectivity index (χ2n) is 12.1. The minimum atomic E-state index is -1.23. The number of likely N-dealkylation sites (tertiary alicyclic amines) is 1. The Kier molecular flexibility index (Phi) is 6.27. The van der Waals surface area contributed by atoms with Crippen molar-refractivity contribution in [2.75, 3.05) is 12.0 Å². The molecular formula is C35H32N2O6. The molecule has 3 fully saturated rings. The van der Waals surface area contributed by atoms with E-state index in [-0.39, 0.29) is 48.1 Å². The predicted molar refractivity (Wildman–Crippen MR) is 158 cm³/mol. The number of anilines is 1. The smallest absolute Gasteiger partial charge is 0.241 e. The Bertz CT molecular complexity index is 1680. The number of phenols is 1. The average molecular weight is 577 g/mol. The maximum absolute atomic E-state index is 14.4. The van der Waals surface area contributed by atoms with Gasteiger partial charge in [0.1, 0.15) is 0 Å². The number of aromatic hydroxyl groups is 1. The lowest BCUT2D eigenvalue weighted by molar-refractivity contribution is -0.141. The zero-order valence-corrected chi connectivity index (χ0v) is 24.0. The van der Waals surface area contributed by atoms with Crippen molar-refractivity contribution in [1.29, 1.82) is 0 Å². The molecule has 4 amide bonds. The molecule has 8 heteroatoms. The predicted octanol–water partition coefficient (Wildman–Crippen LogP) is 4.83. The van der Waals surface area contributed by atoms with Crippen molar-refractivity contribution < 1.29 is 29.0 Å². The molecule has 3 aromatic carbocycles. The number of ether oxygens (including phenoxy) is 1. The highest BCUT2D eigenvalue weighted by Crippen LogP contribution is 2.64. The van der Waals surface area contributed by atoms with Gasteiger partial charge in [-0.2, -0.15) is 0 Å². The second kappa shape index (κ2) is 9.93. The van der Waals surface area contributed by atoms with Crippen LogP contribution in [0.1, 0.15) is 36.8 Å². The summed E-state index contributed by atoms with van der Waals surface area (Å²) in [7, 11) is 1.46. The van der Waals surface area contributed by atoms with E-state index < -0.39 is 35.0 Å². The number of carbonyl (C=O) groups is 4. The van der Waals surface area contributed by atoms with Gasteiger partial charge in [0, 0.05) is 11.5 Å². The van der Waals surface area contributed by atoms with Gasteiger partial charge in [-0.15, -0.1) is 0 Å². The van der Waals surface area contributed by atoms with Crippen molar-refractivity contribution >= 4 is 29.3 Å². The van der Waals surface area contributed by atoms with E-state index in [0.29, 0.717) is 17.7 Å². The van der Waals surface area contributed by atoms with Crippen LogP contribution >= 0.6 is 0 Å². The zero-order chi connectivity index (χ0) is 30.0. The number of imide groups is 2. The molecule has 7 rings (SSSR count). The molecule has 8 nitrogen and oxygen atoms in total. The van der Waals surface area contributed by atoms with E-state index in [1.807, 2.05) is 42.5 Å². The molecular weight excluding hydrogens is 544 g/mol. The molecule has 1 N–H and O–H groups in total. The summed E-state index contributed by atoms with van der Waals surface area (Å²) < 4.78 is 5.43. The van der Waals surface area contributed by atoms with Crippen LogP contribution in [0.15, 0.2) is 90.5 Å². The number of rotatable bonds is 5. The molecule has 2 heterocycles. The number of hydrogen-bond acceptors (Lipinski definition) is 6. The van der Waals surface area contributed by atoms with Crippen molar-refractivity contribution in [3.8, 4) is 11.5 Å². The average Bonchev–Trinajstić information content (AvgIpc) is 3.38. The summed E-state index contributed by atoms with van der Waals surface area (Å²) in [6.45, 7) is 1.99. The molecule has 2 saturated heterocycles. The highest BCUT2D eigenvalue weighted by atomic mass is 16.5. The van der Waals surface area contributed by atoms with Gasteiger partial charge in [0.05, 0.1) is 42.5 Å². The number of carbonyl (C=O) groups excluding carboxylic acids is 4. The molecule has 0 bridgehead atoms. The van der Waals surface area contributed by atoms with Crippen molar-refractivity contribution in [3.63, 3.8) is 0 Å². The fourth-order valence-electron chi connectivity index (χ4n) is 8.11. The number of fused-ring (bicyclic) bond motifs is 4. The summed E-state index contributed by atoms with van der Waals surface area (Å²) in [5.74, 6) is -4.07. The fraction of sp³-hybridized carbons (Fsp3) is 0.314. The third-order valence-corrected chi connectivity index (χ3v) is 10.1. The highest BCUT2D eigenvalue weighted by Gasteiger charge is 2.67. The van der Waals surface area contributed by atoms with Crippen LogP contribution in [-0.2, 0) is 25.7 Å². The third kappa shape index (κ3) is 3.82. The normalized spacial score (nSPS) is 29.7. The van der Waals surface area contributed by atoms with Gasteiger partial charge in [-0.1, -0.05) is 72.3 Å². The van der Waals surface area contributed by atoms with Gasteiger partial charge < -0.3 is 9.84 Å². The van der Waals surface area contributed by atoms with Crippen molar-refractivity contribution in [2.24, 2.45) is 29.1 Å². The van der Waals surface area contributed by atoms with Crippen LogP contribution in [0.3, 0.4) is 0 Å². The molecule has 6 atom stereocenters. The van der Waals surface area contributed by atoms with Crippen LogP contribution in [0, 0.1) is 29.1 Å². The Morgan fingerprint density at radius 1 is 0.860 bits per heavy atom. The number of nitrogens with zero attached hydrogens (tertiary/aromatic N) is 2. The topological polar surface area (TPSA) is 104 Å². The molecule has 218 valence electrons. The van der Waals surface area contributed by atoms with E-state index in [1.165, 1.54) is 16.9 Å². The third-order valence-electron chi connectivity index (χ3n) is 10.1. The van der Waals surface area contributed by atoms with E-state index in [4.69, 9.17) is 4.74 Å². The molecule has 0 aromatic heterocycles. The van der Waals surface area contributed by atoms with Crippen LogP contribution in [0.25, 0.3) is 0 Å². The standard InChI is InChI=1S/C35H32N2O6/c1-35-26(32(40)37(34(35)42)21-12-7-4-8-13-21)18-25-22(29(35)24-14-9-15-27(43-2)30(24)38)16-17-23-28(25)33(41)36(31(23)39)19-20-10-5-3-6-11-20/h3-16,23,25-26,28-29,38H,17-19H2,1-2H3/t23-,25+,26-,28-,29+,35+/m0/s1. The first-order chi connectivity index (χ1) is 20.8. The van der Waals surface area contributed by atoms with E-state index in [0.717, 1.165) is 11.1 Å². The first-order valence-electron chi connectivity index (χ1n) is 14.7. The van der Waals surface area contributed by atoms with Crippen LogP contribution in [0.2, 0.25) is 0 Å². The Hall–Kier alpha value is -4.72. The summed E-state index contributed by atoms with van der Waals surface area (Å²) in [5, 5.41) is 11.4. The number of hydrogen-bond donors (Lipinski definition) is 1. The van der Waals surface area contributed by atoms with Gasteiger partial charge in [0.25, 0.3) is 0 Å². The Labute approximate surface area is 249 Å². The molecule has 2 aliphatic heterocycles. The Morgan fingerprint density at radius 2 is 1.56 bits per heavy atom. The maximum Gasteiger partial charge on any atom is 0.241 e. The highest BCUT2D eigenvalue weighted by molar-refractivity contribution is 6.24. The van der Waals surface area contributed by atoms with E-state index in [1.54, 1.807) is 49.4 Å². The zero-order valence-electron chi connectivity index (χ0n) is 24.0. The van der Waals surface area contributed by atoms with Crippen LogP contribution < -0.4 is 9.64 Å². The molecule has 2 aliphatic carbocycles. The van der Waals surface area contributed by atoms with Gasteiger partial charge in [0.15, 0.2) is 11.5 Å². The monoisotopic (exact) mass is 576 g/mol. The molecule has 4 aliphatic rings. The van der Waals surface area contributed by atoms with Gasteiger partial charge in [0.2, 0.25) is 23.6 Å². The number of amides is 4. The lowest BCUT2D eigenvalue weighted by Crippen LogP contribution is -2.48. The first kappa shape index (κ1) is 27.1. The fourth-order valence-corrected chi connectivity index (χ4v) is 8.11. The summed E-state index contributed by atoms with van der Waals surface area (Å²) in [4.78, 5) is 59.0. The molecule has 0 unspecified atom stereocenters. The molecule has 3 aromatic rings. The lowest BCUT2D eigenvalue weighted by Gasteiger charge is -2.49. The summed E-state index contributed by atoms with van der Waals surface area (Å²) in [6.07, 6.45) is 2.59. The minimum absolute atomic E-state index is 0.100. The lowest BCUT2D eigenvalue weighted by atomic mass is 9.51. The summed E-state index contributed by atoms with van der Waals surface area (Å²) >= 11 is 0. The molecule has 0 radical (unpaired) electrons. The molecule has 43 heavy (non-hydrogen) atoms. The molecule has 0 spiro atoms. The van der Waals surface area contributed by atoms with Gasteiger partial charge in [-0.3, -0.25) is 24.1 Å². The quantitative estimate of drug-likeness (QED) is 0.345. The number of methoxy groups -OCH3 is 1. The van der Waals surface area contributed by atoms with E-state index >= 15 is 0 Å². The Morgan fingerprint density at radius 3 is 2.26 bits per heavy atom. The van der Waals surface area contributed by atoms with Crippen molar-refractivity contribution in [3.05, 3.63) is 102 Å². The van der Waals surface area contributed by atoms with Crippen molar-refractivity contribution in [1.82, 2.24) is 4.90 Å². The van der Waals surface area contributed by atoms with Crippen LogP contribution in [-0.4, -0.2) is 40.7 Å². The number of phenolic OH excluding ortho intramolecular Hbond substituents is 1. The first-order valence-corrected chi connectivity index (χ1v) is 14.7. The van der Waals surface area contributed by atoms with Crippen LogP contribution in [0.5, 0.6) is 11.5 Å². The minimum Gasteiger partial charge on any atom is -0.504 e. The van der Waals surface area contributed by atoms with Gasteiger partial charge in [-0.05, 0) is 49.4 Å². The second-order valence-corrected chi connectivity index (χ2v) is 12.1. The summed E-state index contributed by atoms with van der Waals surface area (Å²) in [6, 6.07) is 23.4. The van der Waals surface area contributed by atoms with Crippen molar-refractivity contribution in [2.45, 2.75) is 32.2 Å². The molecule has 1 saturated carbocycles. The maximum atomic E-state index is 14.4. The Balaban J connectivity index is 1.36. The van der Waals surface area contributed by atoms with Crippen LogP contribution in [0.4, 0.5) is 5.69 Å². The number of para-hydroxylation sites is 2. The SMILES string of the molecule is COc1cccc([C@H]2C3=CC[C@@H]4C(=O)N(Cc5ccccc5)C(=O)[C@@H]4[C@@H]3C[C@H]3C(=O)N(c4ccccc4)C(=O)[C@@]23C)c1O. The number of allylic oxidation sites excluding steroid dienone is 2. The van der Waals surface area contributed by atoms with E-state index in [9.17, 15) is 24.3 Å². The summed E-state index contributed by atoms with van der Waals surface area (Å²) in [5.41, 5.74) is 1.40.